The van der Waals surface area contributed by atoms with Gasteiger partial charge in [-0.25, -0.2) is 0 Å². The molecule has 5 nitrogen and oxygen atoms in total. The summed E-state index contributed by atoms with van der Waals surface area (Å²) in [6, 6.07) is 1.82. The number of aromatic nitrogens is 1. The fourth-order valence-electron chi connectivity index (χ4n) is 2.70. The van der Waals surface area contributed by atoms with Crippen molar-refractivity contribution in [1.29, 1.82) is 0 Å². The molecule has 2 aromatic heterocycles. The zero-order valence-corrected chi connectivity index (χ0v) is 11.8. The van der Waals surface area contributed by atoms with E-state index in [9.17, 15) is 9.90 Å². The number of carbonyl (C=O) groups excluding carboxylic acids is 1. The fraction of sp³-hybridized carbons (Fsp3) is 0.429. The Hall–Kier alpha value is -1.66. The van der Waals surface area contributed by atoms with E-state index in [0.29, 0.717) is 17.1 Å². The molecule has 1 amide bonds. The molecule has 1 saturated carbocycles. The highest BCUT2D eigenvalue weighted by Gasteiger charge is 2.26. The maximum atomic E-state index is 12.2. The van der Waals surface area contributed by atoms with E-state index >= 15 is 0 Å². The molecule has 2 heterocycles. The van der Waals surface area contributed by atoms with Crippen LogP contribution in [0.25, 0.3) is 10.1 Å². The molecule has 2 aromatic rings. The second-order valence-corrected chi connectivity index (χ2v) is 6.24. The molecule has 6 heteroatoms. The fourth-order valence-corrected chi connectivity index (χ4v) is 3.71. The van der Waals surface area contributed by atoms with Gasteiger partial charge in [-0.05, 0) is 18.9 Å². The molecule has 1 fully saturated rings. The van der Waals surface area contributed by atoms with E-state index in [1.807, 2.05) is 6.07 Å². The minimum absolute atomic E-state index is 0.163. The average molecular weight is 291 g/mol. The number of nitrogen functional groups attached to an aromatic ring is 1. The van der Waals surface area contributed by atoms with Gasteiger partial charge in [0.2, 0.25) is 0 Å². The summed E-state index contributed by atoms with van der Waals surface area (Å²) in [5.41, 5.74) is 6.53. The monoisotopic (exact) mass is 291 g/mol. The van der Waals surface area contributed by atoms with Crippen LogP contribution in [0.1, 0.15) is 28.9 Å². The quantitative estimate of drug-likeness (QED) is 0.804. The van der Waals surface area contributed by atoms with Crippen molar-refractivity contribution in [2.45, 2.75) is 25.4 Å². The third-order valence-corrected chi connectivity index (χ3v) is 5.04. The molecule has 2 atom stereocenters. The maximum absolute atomic E-state index is 12.2. The first-order valence-corrected chi connectivity index (χ1v) is 7.56. The van der Waals surface area contributed by atoms with Gasteiger partial charge in [0.1, 0.15) is 4.88 Å². The number of aliphatic hydroxyl groups is 1. The second kappa shape index (κ2) is 5.38. The number of amides is 1. The molecule has 4 N–H and O–H groups in total. The molecule has 0 spiro atoms. The number of hydrogen-bond donors (Lipinski definition) is 3. The van der Waals surface area contributed by atoms with E-state index < -0.39 is 0 Å². The molecule has 0 saturated heterocycles. The lowest BCUT2D eigenvalue weighted by Crippen LogP contribution is -2.32. The summed E-state index contributed by atoms with van der Waals surface area (Å²) in [6.07, 6.45) is 5.91. The summed E-state index contributed by atoms with van der Waals surface area (Å²) in [6.45, 7) is 0.506. The lowest BCUT2D eigenvalue weighted by molar-refractivity contribution is 0.0921. The number of anilines is 1. The highest BCUT2D eigenvalue weighted by Crippen LogP contribution is 2.33. The zero-order valence-electron chi connectivity index (χ0n) is 11.0. The number of nitrogens with two attached hydrogens (primary N) is 1. The lowest BCUT2D eigenvalue weighted by atomic mass is 10.1. The standard InChI is InChI=1S/C14H17N3O2S/c15-12-9-4-5-16-7-11(9)20-13(12)14(19)17-6-8-2-1-3-10(8)18/h4-5,7-8,10,18H,1-3,6,15H2,(H,17,19). The van der Waals surface area contributed by atoms with Crippen LogP contribution in [0.5, 0.6) is 0 Å². The highest BCUT2D eigenvalue weighted by atomic mass is 32.1. The topological polar surface area (TPSA) is 88.2 Å². The number of pyridine rings is 1. The molecule has 1 aliphatic rings. The van der Waals surface area contributed by atoms with Crippen LogP contribution in [0, 0.1) is 5.92 Å². The number of aliphatic hydroxyl groups excluding tert-OH is 1. The van der Waals surface area contributed by atoms with Gasteiger partial charge in [-0.15, -0.1) is 11.3 Å². The molecular weight excluding hydrogens is 274 g/mol. The first kappa shape index (κ1) is 13.3. The summed E-state index contributed by atoms with van der Waals surface area (Å²) >= 11 is 1.35. The number of carbonyl (C=O) groups is 1. The summed E-state index contributed by atoms with van der Waals surface area (Å²) < 4.78 is 0.913. The van der Waals surface area contributed by atoms with Crippen LogP contribution in [0.15, 0.2) is 18.5 Å². The van der Waals surface area contributed by atoms with Crippen LogP contribution in [0.3, 0.4) is 0 Å². The van der Waals surface area contributed by atoms with Crippen LogP contribution in [-0.4, -0.2) is 28.6 Å². The summed E-state index contributed by atoms with van der Waals surface area (Å²) in [5, 5.41) is 13.5. The molecule has 0 radical (unpaired) electrons. The van der Waals surface area contributed by atoms with Crippen LogP contribution < -0.4 is 11.1 Å². The zero-order chi connectivity index (χ0) is 14.1. The van der Waals surface area contributed by atoms with Gasteiger partial charge < -0.3 is 16.2 Å². The normalized spacial score (nSPS) is 22.2. The summed E-state index contributed by atoms with van der Waals surface area (Å²) in [7, 11) is 0. The Morgan fingerprint density at radius 3 is 3.10 bits per heavy atom. The number of thiophene rings is 1. The van der Waals surface area contributed by atoms with Gasteiger partial charge in [0.05, 0.1) is 16.5 Å². The van der Waals surface area contributed by atoms with Crippen LogP contribution in [0.4, 0.5) is 5.69 Å². The van der Waals surface area contributed by atoms with Gasteiger partial charge in [-0.3, -0.25) is 9.78 Å². The Morgan fingerprint density at radius 2 is 2.40 bits per heavy atom. The number of rotatable bonds is 3. The predicted molar refractivity (Wildman–Crippen MR) is 79.7 cm³/mol. The van der Waals surface area contributed by atoms with Crippen molar-refractivity contribution in [2.75, 3.05) is 12.3 Å². The van der Waals surface area contributed by atoms with Crippen LogP contribution in [-0.2, 0) is 0 Å². The third-order valence-electron chi connectivity index (χ3n) is 3.88. The van der Waals surface area contributed by atoms with Crippen molar-refractivity contribution >= 4 is 33.0 Å². The number of fused-ring (bicyclic) bond motifs is 1. The molecule has 20 heavy (non-hydrogen) atoms. The van der Waals surface area contributed by atoms with Gasteiger partial charge in [0, 0.05) is 30.2 Å². The Kier molecular flexibility index (Phi) is 3.58. The van der Waals surface area contributed by atoms with Gasteiger partial charge in [-0.1, -0.05) is 6.42 Å². The van der Waals surface area contributed by atoms with E-state index in [1.165, 1.54) is 11.3 Å². The van der Waals surface area contributed by atoms with E-state index in [-0.39, 0.29) is 17.9 Å². The maximum Gasteiger partial charge on any atom is 0.263 e. The first-order valence-electron chi connectivity index (χ1n) is 6.75. The summed E-state index contributed by atoms with van der Waals surface area (Å²) in [5.74, 6) is -0.000908. The largest absolute Gasteiger partial charge is 0.397 e. The Balaban J connectivity index is 1.74. The Labute approximate surface area is 120 Å². The minimum atomic E-state index is -0.292. The highest BCUT2D eigenvalue weighted by molar-refractivity contribution is 7.21. The van der Waals surface area contributed by atoms with E-state index in [0.717, 1.165) is 29.3 Å². The Bertz CT molecular complexity index is 640. The van der Waals surface area contributed by atoms with Crippen LogP contribution >= 0.6 is 11.3 Å². The van der Waals surface area contributed by atoms with Crippen molar-refractivity contribution in [3.05, 3.63) is 23.3 Å². The first-order chi connectivity index (χ1) is 9.66. The smallest absolute Gasteiger partial charge is 0.263 e. The van der Waals surface area contributed by atoms with Gasteiger partial charge in [0.15, 0.2) is 0 Å². The molecule has 3 rings (SSSR count). The van der Waals surface area contributed by atoms with Crippen molar-refractivity contribution in [3.63, 3.8) is 0 Å². The van der Waals surface area contributed by atoms with E-state index in [4.69, 9.17) is 5.73 Å². The van der Waals surface area contributed by atoms with E-state index in [1.54, 1.807) is 12.4 Å². The van der Waals surface area contributed by atoms with Gasteiger partial charge >= 0.3 is 0 Å². The average Bonchev–Trinajstić information content (AvgIpc) is 3.01. The van der Waals surface area contributed by atoms with Crippen molar-refractivity contribution in [1.82, 2.24) is 10.3 Å². The predicted octanol–water partition coefficient (Wildman–Crippen LogP) is 1.77. The van der Waals surface area contributed by atoms with Crippen LogP contribution in [0.2, 0.25) is 0 Å². The van der Waals surface area contributed by atoms with Crippen molar-refractivity contribution in [2.24, 2.45) is 5.92 Å². The molecule has 2 unspecified atom stereocenters. The molecule has 0 aliphatic heterocycles. The number of nitrogens with zero attached hydrogens (tertiary/aromatic N) is 1. The molecular formula is C14H17N3O2S. The molecule has 106 valence electrons. The third kappa shape index (κ3) is 2.36. The number of nitrogens with one attached hydrogen (secondary N) is 1. The molecule has 0 bridgehead atoms. The Morgan fingerprint density at radius 1 is 1.55 bits per heavy atom. The SMILES string of the molecule is Nc1c(C(=O)NCC2CCCC2O)sc2cnccc12. The number of hydrogen-bond acceptors (Lipinski definition) is 5. The summed E-state index contributed by atoms with van der Waals surface area (Å²) in [4.78, 5) is 16.8. The molecule has 0 aromatic carbocycles. The van der Waals surface area contributed by atoms with Gasteiger partial charge in [0.25, 0.3) is 5.91 Å². The second-order valence-electron chi connectivity index (χ2n) is 5.19. The van der Waals surface area contributed by atoms with Gasteiger partial charge in [-0.2, -0.15) is 0 Å². The van der Waals surface area contributed by atoms with Crippen molar-refractivity contribution < 1.29 is 9.90 Å². The molecule has 1 aliphatic carbocycles. The minimum Gasteiger partial charge on any atom is -0.397 e. The van der Waals surface area contributed by atoms with E-state index in [2.05, 4.69) is 10.3 Å². The lowest BCUT2D eigenvalue weighted by Gasteiger charge is -2.14. The van der Waals surface area contributed by atoms with Crippen molar-refractivity contribution in [3.8, 4) is 0 Å².